The molecule has 2 fully saturated rings. The zero-order chi connectivity index (χ0) is 13.3. The molecule has 1 saturated heterocycles. The summed E-state index contributed by atoms with van der Waals surface area (Å²) >= 11 is 2.14. The van der Waals surface area contributed by atoms with Crippen LogP contribution in [-0.2, 0) is 0 Å². The fraction of sp³-hybridized carbons (Fsp3) is 1.00. The van der Waals surface area contributed by atoms with E-state index in [2.05, 4.69) is 44.4 Å². The maximum absolute atomic E-state index is 6.22. The van der Waals surface area contributed by atoms with Gasteiger partial charge in [-0.1, -0.05) is 27.7 Å². The van der Waals surface area contributed by atoms with Crippen molar-refractivity contribution in [2.75, 3.05) is 19.6 Å². The third kappa shape index (κ3) is 2.88. The molecular weight excluding hydrogens is 240 g/mol. The fourth-order valence-corrected chi connectivity index (χ4v) is 5.18. The topological polar surface area (TPSA) is 29.3 Å². The highest BCUT2D eigenvalue weighted by molar-refractivity contribution is 8.00. The monoisotopic (exact) mass is 270 g/mol. The van der Waals surface area contributed by atoms with Crippen molar-refractivity contribution in [3.63, 3.8) is 0 Å². The molecule has 0 spiro atoms. The Hall–Kier alpha value is 0.270. The summed E-state index contributed by atoms with van der Waals surface area (Å²) in [7, 11) is 0. The lowest BCUT2D eigenvalue weighted by atomic mass is 9.70. The van der Waals surface area contributed by atoms with E-state index in [9.17, 15) is 0 Å². The van der Waals surface area contributed by atoms with Gasteiger partial charge in [-0.2, -0.15) is 11.8 Å². The van der Waals surface area contributed by atoms with Crippen LogP contribution in [-0.4, -0.2) is 40.6 Å². The zero-order valence-corrected chi connectivity index (χ0v) is 13.3. The maximum Gasteiger partial charge on any atom is 0.0335 e. The van der Waals surface area contributed by atoms with Crippen LogP contribution in [0.4, 0.5) is 0 Å². The Morgan fingerprint density at radius 1 is 1.11 bits per heavy atom. The minimum absolute atomic E-state index is 0.301. The Bertz CT molecular complexity index is 274. The van der Waals surface area contributed by atoms with Crippen molar-refractivity contribution in [1.29, 1.82) is 0 Å². The Morgan fingerprint density at radius 2 is 1.72 bits per heavy atom. The van der Waals surface area contributed by atoms with E-state index in [-0.39, 0.29) is 0 Å². The summed E-state index contributed by atoms with van der Waals surface area (Å²) < 4.78 is 0. The quantitative estimate of drug-likeness (QED) is 0.836. The standard InChI is InChI=1S/C15H30N2S/c1-11-5-6-15(10-16,7-12(11)2)17-8-13(3)18-14(4)9-17/h11-14H,5-10,16H2,1-4H3. The van der Waals surface area contributed by atoms with Gasteiger partial charge in [0.05, 0.1) is 0 Å². The molecule has 5 atom stereocenters. The van der Waals surface area contributed by atoms with Crippen molar-refractivity contribution in [2.24, 2.45) is 17.6 Å². The van der Waals surface area contributed by atoms with Gasteiger partial charge in [0.2, 0.25) is 0 Å². The minimum Gasteiger partial charge on any atom is -0.329 e. The number of nitrogens with two attached hydrogens (primary N) is 1. The average molecular weight is 270 g/mol. The van der Waals surface area contributed by atoms with E-state index in [1.807, 2.05) is 0 Å². The third-order valence-corrected chi connectivity index (χ3v) is 6.44. The normalized spacial score (nSPS) is 47.2. The highest BCUT2D eigenvalue weighted by Gasteiger charge is 2.43. The molecule has 0 aromatic carbocycles. The lowest BCUT2D eigenvalue weighted by Gasteiger charge is -2.52. The van der Waals surface area contributed by atoms with Gasteiger partial charge in [-0.3, -0.25) is 4.90 Å². The first-order valence-electron chi connectivity index (χ1n) is 7.57. The van der Waals surface area contributed by atoms with Crippen LogP contribution in [0.5, 0.6) is 0 Å². The predicted molar refractivity (Wildman–Crippen MR) is 82.1 cm³/mol. The second-order valence-corrected chi connectivity index (χ2v) is 8.67. The summed E-state index contributed by atoms with van der Waals surface area (Å²) in [6.45, 7) is 12.9. The molecule has 2 rings (SSSR count). The lowest BCUT2D eigenvalue weighted by Crippen LogP contribution is -2.61. The molecule has 2 aliphatic rings. The van der Waals surface area contributed by atoms with Crippen LogP contribution >= 0.6 is 11.8 Å². The van der Waals surface area contributed by atoms with Crippen molar-refractivity contribution < 1.29 is 0 Å². The van der Waals surface area contributed by atoms with Crippen molar-refractivity contribution in [3.8, 4) is 0 Å². The number of hydrogen-bond acceptors (Lipinski definition) is 3. The van der Waals surface area contributed by atoms with Crippen molar-refractivity contribution in [1.82, 2.24) is 4.90 Å². The molecule has 2 N–H and O–H groups in total. The van der Waals surface area contributed by atoms with Crippen LogP contribution in [0.3, 0.4) is 0 Å². The molecule has 1 heterocycles. The van der Waals surface area contributed by atoms with Crippen LogP contribution in [0.2, 0.25) is 0 Å². The first kappa shape index (κ1) is 14.7. The van der Waals surface area contributed by atoms with E-state index in [0.29, 0.717) is 5.54 Å². The van der Waals surface area contributed by atoms with E-state index in [0.717, 1.165) is 28.9 Å². The Kier molecular flexibility index (Phi) is 4.66. The highest BCUT2D eigenvalue weighted by atomic mass is 32.2. The Labute approximate surface area is 117 Å². The zero-order valence-electron chi connectivity index (χ0n) is 12.5. The smallest absolute Gasteiger partial charge is 0.0335 e. The maximum atomic E-state index is 6.22. The highest BCUT2D eigenvalue weighted by Crippen LogP contribution is 2.41. The molecule has 1 saturated carbocycles. The molecule has 1 aliphatic carbocycles. The van der Waals surface area contributed by atoms with E-state index in [1.54, 1.807) is 0 Å². The van der Waals surface area contributed by atoms with Gasteiger partial charge in [-0.25, -0.2) is 0 Å². The summed E-state index contributed by atoms with van der Waals surface area (Å²) in [5.41, 5.74) is 6.52. The molecule has 18 heavy (non-hydrogen) atoms. The van der Waals surface area contributed by atoms with E-state index in [1.165, 1.54) is 32.4 Å². The minimum atomic E-state index is 0.301. The third-order valence-electron chi connectivity index (χ3n) is 5.21. The number of hydrogen-bond donors (Lipinski definition) is 1. The van der Waals surface area contributed by atoms with Gasteiger partial charge >= 0.3 is 0 Å². The van der Waals surface area contributed by atoms with Crippen LogP contribution in [0.25, 0.3) is 0 Å². The summed E-state index contributed by atoms with van der Waals surface area (Å²) in [6, 6.07) is 0. The number of thioether (sulfide) groups is 1. The molecule has 0 bridgehead atoms. The van der Waals surface area contributed by atoms with Gasteiger partial charge in [0, 0.05) is 35.7 Å². The first-order chi connectivity index (χ1) is 8.47. The molecule has 0 amide bonds. The van der Waals surface area contributed by atoms with E-state index < -0.39 is 0 Å². The van der Waals surface area contributed by atoms with Gasteiger partial charge in [-0.15, -0.1) is 0 Å². The molecular formula is C15H30N2S. The van der Waals surface area contributed by atoms with Gasteiger partial charge in [-0.05, 0) is 31.1 Å². The fourth-order valence-electron chi connectivity index (χ4n) is 3.85. The molecule has 5 unspecified atom stereocenters. The SMILES string of the molecule is CC1CN(C2(CN)CCC(C)C(C)C2)CC(C)S1. The summed E-state index contributed by atoms with van der Waals surface area (Å²) in [5, 5.41) is 1.51. The number of nitrogens with zero attached hydrogens (tertiary/aromatic N) is 1. The molecule has 0 aromatic rings. The van der Waals surface area contributed by atoms with Crippen molar-refractivity contribution >= 4 is 11.8 Å². The van der Waals surface area contributed by atoms with Crippen LogP contribution in [0.1, 0.15) is 47.0 Å². The van der Waals surface area contributed by atoms with Gasteiger partial charge in [0.25, 0.3) is 0 Å². The van der Waals surface area contributed by atoms with Gasteiger partial charge < -0.3 is 5.73 Å². The van der Waals surface area contributed by atoms with Crippen molar-refractivity contribution in [2.45, 2.75) is 63.0 Å². The second kappa shape index (κ2) is 5.72. The van der Waals surface area contributed by atoms with Gasteiger partial charge in [0.15, 0.2) is 0 Å². The van der Waals surface area contributed by atoms with E-state index >= 15 is 0 Å². The molecule has 0 aromatic heterocycles. The molecule has 2 nitrogen and oxygen atoms in total. The first-order valence-corrected chi connectivity index (χ1v) is 8.51. The molecule has 1 aliphatic heterocycles. The molecule has 0 radical (unpaired) electrons. The summed E-state index contributed by atoms with van der Waals surface area (Å²) in [4.78, 5) is 2.74. The Balaban J connectivity index is 2.11. The van der Waals surface area contributed by atoms with Crippen LogP contribution < -0.4 is 5.73 Å². The van der Waals surface area contributed by atoms with Crippen molar-refractivity contribution in [3.05, 3.63) is 0 Å². The molecule has 106 valence electrons. The second-order valence-electron chi connectivity index (χ2n) is 6.79. The largest absolute Gasteiger partial charge is 0.329 e. The van der Waals surface area contributed by atoms with Crippen LogP contribution in [0, 0.1) is 11.8 Å². The summed E-state index contributed by atoms with van der Waals surface area (Å²) in [6.07, 6.45) is 3.96. The predicted octanol–water partition coefficient (Wildman–Crippen LogP) is 2.97. The lowest BCUT2D eigenvalue weighted by molar-refractivity contribution is 0.0201. The molecule has 3 heteroatoms. The van der Waals surface area contributed by atoms with E-state index in [4.69, 9.17) is 5.73 Å². The summed E-state index contributed by atoms with van der Waals surface area (Å²) in [5.74, 6) is 1.70. The van der Waals surface area contributed by atoms with Crippen LogP contribution in [0.15, 0.2) is 0 Å². The average Bonchev–Trinajstić information content (AvgIpc) is 2.31. The van der Waals surface area contributed by atoms with Gasteiger partial charge in [0.1, 0.15) is 0 Å². The Morgan fingerprint density at radius 3 is 2.22 bits per heavy atom. The number of rotatable bonds is 2.